The standard InChI is InChI=1S/C17H19F3N2.ClH/c18-17(19,20)15-9-7-13(8-10-15)12-3-5-14(6-4-12)16(22)2-1-11-21;/h3-10,16H,1-2,11,21-22H2;1H/t16-;/m1./s1. The van der Waals surface area contributed by atoms with Crippen LogP contribution in [0.15, 0.2) is 48.5 Å². The van der Waals surface area contributed by atoms with E-state index in [0.29, 0.717) is 6.54 Å². The molecule has 0 aliphatic heterocycles. The Hall–Kier alpha value is -1.56. The largest absolute Gasteiger partial charge is 0.416 e. The van der Waals surface area contributed by atoms with E-state index in [4.69, 9.17) is 11.5 Å². The predicted molar refractivity (Wildman–Crippen MR) is 89.3 cm³/mol. The van der Waals surface area contributed by atoms with Crippen molar-refractivity contribution in [2.75, 3.05) is 6.54 Å². The van der Waals surface area contributed by atoms with Crippen LogP contribution in [0.5, 0.6) is 0 Å². The SMILES string of the molecule is Cl.NCCC[C@@H](N)c1ccc(-c2ccc(C(F)(F)F)cc2)cc1. The summed E-state index contributed by atoms with van der Waals surface area (Å²) in [5.74, 6) is 0. The van der Waals surface area contributed by atoms with Crippen LogP contribution < -0.4 is 11.5 Å². The Morgan fingerprint density at radius 3 is 1.78 bits per heavy atom. The molecule has 23 heavy (non-hydrogen) atoms. The molecule has 4 N–H and O–H groups in total. The monoisotopic (exact) mass is 344 g/mol. The van der Waals surface area contributed by atoms with Crippen molar-refractivity contribution in [3.63, 3.8) is 0 Å². The van der Waals surface area contributed by atoms with Gasteiger partial charge in [0.1, 0.15) is 0 Å². The third-order valence-electron chi connectivity index (χ3n) is 3.60. The molecular weight excluding hydrogens is 325 g/mol. The van der Waals surface area contributed by atoms with Crippen LogP contribution in [0.1, 0.15) is 30.0 Å². The van der Waals surface area contributed by atoms with Crippen molar-refractivity contribution in [3.05, 3.63) is 59.7 Å². The molecule has 2 rings (SSSR count). The maximum atomic E-state index is 12.5. The molecule has 0 aromatic heterocycles. The van der Waals surface area contributed by atoms with Crippen molar-refractivity contribution in [2.45, 2.75) is 25.1 Å². The van der Waals surface area contributed by atoms with Crippen molar-refractivity contribution in [1.82, 2.24) is 0 Å². The Labute approximate surface area is 140 Å². The van der Waals surface area contributed by atoms with Gasteiger partial charge in [-0.15, -0.1) is 12.4 Å². The Morgan fingerprint density at radius 2 is 1.35 bits per heavy atom. The molecule has 0 saturated carbocycles. The van der Waals surface area contributed by atoms with Gasteiger partial charge in [0.25, 0.3) is 0 Å². The second kappa shape index (κ2) is 8.34. The van der Waals surface area contributed by atoms with Crippen LogP contribution in [0.2, 0.25) is 0 Å². The molecule has 0 fully saturated rings. The zero-order valence-corrected chi connectivity index (χ0v) is 13.3. The Kier molecular flexibility index (Phi) is 7.06. The molecule has 0 heterocycles. The third kappa shape index (κ3) is 5.23. The number of benzene rings is 2. The molecule has 126 valence electrons. The lowest BCUT2D eigenvalue weighted by Gasteiger charge is -2.12. The summed E-state index contributed by atoms with van der Waals surface area (Å²) in [7, 11) is 0. The number of nitrogens with two attached hydrogens (primary N) is 2. The average Bonchev–Trinajstić information content (AvgIpc) is 2.52. The molecule has 2 aromatic rings. The third-order valence-corrected chi connectivity index (χ3v) is 3.60. The lowest BCUT2D eigenvalue weighted by atomic mass is 9.98. The lowest BCUT2D eigenvalue weighted by molar-refractivity contribution is -0.137. The minimum absolute atomic E-state index is 0. The summed E-state index contributed by atoms with van der Waals surface area (Å²) in [5.41, 5.74) is 13.5. The quantitative estimate of drug-likeness (QED) is 0.837. The summed E-state index contributed by atoms with van der Waals surface area (Å²) >= 11 is 0. The van der Waals surface area contributed by atoms with E-state index in [1.54, 1.807) is 0 Å². The average molecular weight is 345 g/mol. The van der Waals surface area contributed by atoms with Crippen molar-refractivity contribution < 1.29 is 13.2 Å². The fourth-order valence-corrected chi connectivity index (χ4v) is 2.28. The van der Waals surface area contributed by atoms with Gasteiger partial charge in [-0.2, -0.15) is 13.2 Å². The molecule has 0 amide bonds. The van der Waals surface area contributed by atoms with E-state index >= 15 is 0 Å². The summed E-state index contributed by atoms with van der Waals surface area (Å²) in [4.78, 5) is 0. The van der Waals surface area contributed by atoms with Crippen LogP contribution in [-0.4, -0.2) is 6.54 Å². The zero-order chi connectivity index (χ0) is 16.2. The first-order valence-corrected chi connectivity index (χ1v) is 7.15. The van der Waals surface area contributed by atoms with Gasteiger partial charge in [-0.3, -0.25) is 0 Å². The lowest BCUT2D eigenvalue weighted by Crippen LogP contribution is -2.12. The first-order chi connectivity index (χ1) is 10.4. The number of rotatable bonds is 5. The van der Waals surface area contributed by atoms with Gasteiger partial charge >= 0.3 is 6.18 Å². The van der Waals surface area contributed by atoms with Gasteiger partial charge in [-0.25, -0.2) is 0 Å². The van der Waals surface area contributed by atoms with Gasteiger partial charge < -0.3 is 11.5 Å². The molecule has 0 saturated heterocycles. The van der Waals surface area contributed by atoms with Crippen LogP contribution in [-0.2, 0) is 6.18 Å². The second-order valence-electron chi connectivity index (χ2n) is 5.23. The molecule has 1 atom stereocenters. The molecule has 2 aromatic carbocycles. The van der Waals surface area contributed by atoms with Crippen LogP contribution in [0, 0.1) is 0 Å². The van der Waals surface area contributed by atoms with Gasteiger partial charge in [0, 0.05) is 6.04 Å². The van der Waals surface area contributed by atoms with Crippen molar-refractivity contribution in [2.24, 2.45) is 11.5 Å². The maximum Gasteiger partial charge on any atom is 0.416 e. The van der Waals surface area contributed by atoms with E-state index in [9.17, 15) is 13.2 Å². The molecule has 0 spiro atoms. The van der Waals surface area contributed by atoms with E-state index in [2.05, 4.69) is 0 Å². The molecule has 0 bridgehead atoms. The predicted octanol–water partition coefficient (Wildman–Crippen LogP) is 4.53. The number of alkyl halides is 3. The van der Waals surface area contributed by atoms with E-state index in [1.165, 1.54) is 12.1 Å². The normalized spacial score (nSPS) is 12.6. The highest BCUT2D eigenvalue weighted by Crippen LogP contribution is 2.31. The summed E-state index contributed by atoms with van der Waals surface area (Å²) in [6, 6.07) is 12.7. The number of halogens is 4. The van der Waals surface area contributed by atoms with Crippen LogP contribution in [0.3, 0.4) is 0 Å². The van der Waals surface area contributed by atoms with E-state index in [1.807, 2.05) is 24.3 Å². The minimum atomic E-state index is -4.31. The Balaban J connectivity index is 0.00000264. The molecule has 2 nitrogen and oxygen atoms in total. The fraction of sp³-hybridized carbons (Fsp3) is 0.294. The molecule has 0 radical (unpaired) electrons. The summed E-state index contributed by atoms with van der Waals surface area (Å²) in [6.45, 7) is 0.608. The second-order valence-corrected chi connectivity index (χ2v) is 5.23. The van der Waals surface area contributed by atoms with Crippen LogP contribution in [0.4, 0.5) is 13.2 Å². The first-order valence-electron chi connectivity index (χ1n) is 7.15. The van der Waals surface area contributed by atoms with Crippen molar-refractivity contribution in [1.29, 1.82) is 0 Å². The Bertz CT molecular complexity index is 595. The van der Waals surface area contributed by atoms with E-state index in [-0.39, 0.29) is 18.4 Å². The minimum Gasteiger partial charge on any atom is -0.330 e. The van der Waals surface area contributed by atoms with Gasteiger partial charge in [0.2, 0.25) is 0 Å². The highest BCUT2D eigenvalue weighted by Gasteiger charge is 2.29. The fourth-order valence-electron chi connectivity index (χ4n) is 2.28. The van der Waals surface area contributed by atoms with E-state index in [0.717, 1.165) is 41.7 Å². The molecule has 0 aliphatic carbocycles. The molecule has 0 unspecified atom stereocenters. The van der Waals surface area contributed by atoms with E-state index < -0.39 is 11.7 Å². The highest BCUT2D eigenvalue weighted by molar-refractivity contribution is 5.85. The van der Waals surface area contributed by atoms with Crippen LogP contribution in [0.25, 0.3) is 11.1 Å². The van der Waals surface area contributed by atoms with Crippen LogP contribution >= 0.6 is 12.4 Å². The van der Waals surface area contributed by atoms with Crippen molar-refractivity contribution >= 4 is 12.4 Å². The maximum absolute atomic E-state index is 12.5. The smallest absolute Gasteiger partial charge is 0.330 e. The van der Waals surface area contributed by atoms with Gasteiger partial charge in [0.05, 0.1) is 5.56 Å². The topological polar surface area (TPSA) is 52.0 Å². The van der Waals surface area contributed by atoms with Gasteiger partial charge in [-0.1, -0.05) is 36.4 Å². The van der Waals surface area contributed by atoms with Crippen molar-refractivity contribution in [3.8, 4) is 11.1 Å². The van der Waals surface area contributed by atoms with Gasteiger partial charge in [0.15, 0.2) is 0 Å². The summed E-state index contributed by atoms with van der Waals surface area (Å²) in [6.07, 6.45) is -2.63. The first kappa shape index (κ1) is 19.5. The zero-order valence-electron chi connectivity index (χ0n) is 12.5. The molecule has 0 aliphatic rings. The number of hydrogen-bond donors (Lipinski definition) is 2. The number of hydrogen-bond acceptors (Lipinski definition) is 2. The Morgan fingerprint density at radius 1 is 0.870 bits per heavy atom. The summed E-state index contributed by atoms with van der Waals surface area (Å²) in [5, 5.41) is 0. The molecular formula is C17H20ClF3N2. The summed E-state index contributed by atoms with van der Waals surface area (Å²) < 4.78 is 37.6. The van der Waals surface area contributed by atoms with Gasteiger partial charge in [-0.05, 0) is 48.2 Å². The molecule has 6 heteroatoms. The highest BCUT2D eigenvalue weighted by atomic mass is 35.5.